The Hall–Kier alpha value is -1.13. The Morgan fingerprint density at radius 2 is 1.55 bits per heavy atom. The third kappa shape index (κ3) is 4.96. The van der Waals surface area contributed by atoms with E-state index in [1.165, 1.54) is 0 Å². The number of rotatable bonds is 6. The van der Waals surface area contributed by atoms with Crippen molar-refractivity contribution in [1.29, 1.82) is 0 Å². The Morgan fingerprint density at radius 1 is 0.909 bits per heavy atom. The summed E-state index contributed by atoms with van der Waals surface area (Å²) in [5.74, 6) is 1.22. The molecular formula is C15H10Cl4O3. The lowest BCUT2D eigenvalue weighted by atomic mass is 10.3. The fourth-order valence-electron chi connectivity index (χ4n) is 1.60. The van der Waals surface area contributed by atoms with E-state index in [0.29, 0.717) is 32.3 Å². The van der Waals surface area contributed by atoms with Crippen LogP contribution in [0.25, 0.3) is 0 Å². The SMILES string of the molecule is O=C(Cl)CCOc1cc(Cl)ccc1Oc1ccc(Cl)cc1Cl. The highest BCUT2D eigenvalue weighted by molar-refractivity contribution is 6.63. The number of carbonyl (C=O) groups excluding carboxylic acids is 1. The summed E-state index contributed by atoms with van der Waals surface area (Å²) in [6, 6.07) is 9.75. The van der Waals surface area contributed by atoms with Gasteiger partial charge in [-0.1, -0.05) is 34.8 Å². The van der Waals surface area contributed by atoms with Gasteiger partial charge >= 0.3 is 0 Å². The molecular weight excluding hydrogens is 370 g/mol. The lowest BCUT2D eigenvalue weighted by molar-refractivity contribution is -0.112. The highest BCUT2D eigenvalue weighted by Gasteiger charge is 2.11. The molecule has 0 saturated carbocycles. The minimum absolute atomic E-state index is 0.0786. The summed E-state index contributed by atoms with van der Waals surface area (Å²) in [6.45, 7) is 0.118. The van der Waals surface area contributed by atoms with E-state index in [4.69, 9.17) is 55.9 Å². The van der Waals surface area contributed by atoms with Gasteiger partial charge in [0.2, 0.25) is 5.24 Å². The molecule has 0 N–H and O–H groups in total. The molecule has 116 valence electrons. The zero-order valence-corrected chi connectivity index (χ0v) is 14.1. The smallest absolute Gasteiger partial charge is 0.225 e. The van der Waals surface area contributed by atoms with Crippen LogP contribution in [0, 0.1) is 0 Å². The van der Waals surface area contributed by atoms with Crippen LogP contribution in [0.3, 0.4) is 0 Å². The second kappa shape index (κ2) is 7.93. The molecule has 3 nitrogen and oxygen atoms in total. The van der Waals surface area contributed by atoms with Crippen molar-refractivity contribution in [3.63, 3.8) is 0 Å². The molecule has 0 aliphatic heterocycles. The van der Waals surface area contributed by atoms with Crippen LogP contribution in [0.5, 0.6) is 17.2 Å². The van der Waals surface area contributed by atoms with Crippen LogP contribution in [-0.2, 0) is 4.79 Å². The number of carbonyl (C=O) groups is 1. The van der Waals surface area contributed by atoms with Crippen LogP contribution in [0.1, 0.15) is 6.42 Å². The van der Waals surface area contributed by atoms with Crippen LogP contribution in [-0.4, -0.2) is 11.8 Å². The summed E-state index contributed by atoms with van der Waals surface area (Å²) in [5, 5.41) is 0.863. The standard InChI is InChI=1S/C15H10Cl4O3/c16-9-1-3-12(11(18)7-9)22-13-4-2-10(17)8-14(13)21-6-5-15(19)20/h1-4,7-8H,5-6H2. The largest absolute Gasteiger partial charge is 0.489 e. The maximum Gasteiger partial charge on any atom is 0.225 e. The van der Waals surface area contributed by atoms with Gasteiger partial charge in [0.05, 0.1) is 18.1 Å². The zero-order valence-electron chi connectivity index (χ0n) is 11.1. The Kier molecular flexibility index (Phi) is 6.21. The molecule has 0 aliphatic carbocycles. The summed E-state index contributed by atoms with van der Waals surface area (Å²) >= 11 is 23.1. The van der Waals surface area contributed by atoms with Crippen molar-refractivity contribution in [3.8, 4) is 17.2 Å². The number of benzene rings is 2. The average molecular weight is 380 g/mol. The summed E-state index contributed by atoms with van der Waals surface area (Å²) in [7, 11) is 0. The summed E-state index contributed by atoms with van der Waals surface area (Å²) in [5.41, 5.74) is 0. The van der Waals surface area contributed by atoms with Gasteiger partial charge < -0.3 is 9.47 Å². The summed E-state index contributed by atoms with van der Waals surface area (Å²) < 4.78 is 11.2. The maximum absolute atomic E-state index is 10.8. The van der Waals surface area contributed by atoms with Crippen molar-refractivity contribution >= 4 is 51.6 Å². The topological polar surface area (TPSA) is 35.5 Å². The van der Waals surface area contributed by atoms with E-state index in [1.54, 1.807) is 36.4 Å². The molecule has 0 amide bonds. The predicted octanol–water partition coefficient (Wildman–Crippen LogP) is 5.97. The molecule has 2 aromatic rings. The number of hydrogen-bond donors (Lipinski definition) is 0. The Labute approximate surface area is 147 Å². The molecule has 0 atom stereocenters. The van der Waals surface area contributed by atoms with Crippen molar-refractivity contribution in [1.82, 2.24) is 0 Å². The molecule has 22 heavy (non-hydrogen) atoms. The number of ether oxygens (including phenoxy) is 2. The molecule has 0 heterocycles. The first-order valence-electron chi connectivity index (χ1n) is 6.19. The molecule has 7 heteroatoms. The van der Waals surface area contributed by atoms with Crippen LogP contribution >= 0.6 is 46.4 Å². The van der Waals surface area contributed by atoms with Gasteiger partial charge in [-0.25, -0.2) is 0 Å². The molecule has 2 rings (SSSR count). The minimum atomic E-state index is -0.481. The number of halogens is 4. The Bertz CT molecular complexity index is 688. The fourth-order valence-corrected chi connectivity index (χ4v) is 2.28. The van der Waals surface area contributed by atoms with Gasteiger partial charge in [0, 0.05) is 16.1 Å². The van der Waals surface area contributed by atoms with Gasteiger partial charge in [0.1, 0.15) is 5.75 Å². The lowest BCUT2D eigenvalue weighted by Gasteiger charge is -2.13. The normalized spacial score (nSPS) is 10.4. The van der Waals surface area contributed by atoms with E-state index < -0.39 is 5.24 Å². The summed E-state index contributed by atoms with van der Waals surface area (Å²) in [6.07, 6.45) is 0.0786. The predicted molar refractivity (Wildman–Crippen MR) is 89.0 cm³/mol. The van der Waals surface area contributed by atoms with E-state index in [9.17, 15) is 4.79 Å². The molecule has 2 aromatic carbocycles. The van der Waals surface area contributed by atoms with Crippen molar-refractivity contribution in [2.75, 3.05) is 6.61 Å². The molecule has 0 aliphatic rings. The van der Waals surface area contributed by atoms with E-state index >= 15 is 0 Å². The van der Waals surface area contributed by atoms with Gasteiger partial charge in [-0.3, -0.25) is 4.79 Å². The molecule has 0 radical (unpaired) electrons. The van der Waals surface area contributed by atoms with Crippen LogP contribution in [0.4, 0.5) is 0 Å². The molecule has 0 saturated heterocycles. The third-order valence-electron chi connectivity index (χ3n) is 2.58. The average Bonchev–Trinajstić information content (AvgIpc) is 2.44. The van der Waals surface area contributed by atoms with E-state index in [2.05, 4.69) is 0 Å². The quantitative estimate of drug-likeness (QED) is 0.579. The first-order valence-corrected chi connectivity index (χ1v) is 7.70. The minimum Gasteiger partial charge on any atom is -0.489 e. The third-order valence-corrected chi connectivity index (χ3v) is 3.53. The zero-order chi connectivity index (χ0) is 16.1. The maximum atomic E-state index is 10.8. The van der Waals surface area contributed by atoms with Crippen molar-refractivity contribution < 1.29 is 14.3 Å². The van der Waals surface area contributed by atoms with Crippen molar-refractivity contribution in [2.24, 2.45) is 0 Å². The molecule has 0 bridgehead atoms. The first-order chi connectivity index (χ1) is 10.5. The lowest BCUT2D eigenvalue weighted by Crippen LogP contribution is -2.02. The van der Waals surface area contributed by atoms with Gasteiger partial charge in [-0.05, 0) is 41.9 Å². The fraction of sp³-hybridized carbons (Fsp3) is 0.133. The second-order valence-electron chi connectivity index (χ2n) is 4.22. The molecule has 0 aromatic heterocycles. The highest BCUT2D eigenvalue weighted by Crippen LogP contribution is 2.37. The Morgan fingerprint density at radius 3 is 2.18 bits per heavy atom. The van der Waals surface area contributed by atoms with Crippen molar-refractivity contribution in [2.45, 2.75) is 6.42 Å². The highest BCUT2D eigenvalue weighted by atomic mass is 35.5. The molecule has 0 unspecified atom stereocenters. The van der Waals surface area contributed by atoms with Gasteiger partial charge in [-0.2, -0.15) is 0 Å². The molecule has 0 fully saturated rings. The van der Waals surface area contributed by atoms with Crippen LogP contribution in [0.2, 0.25) is 15.1 Å². The second-order valence-corrected chi connectivity index (χ2v) is 5.92. The monoisotopic (exact) mass is 378 g/mol. The van der Waals surface area contributed by atoms with E-state index in [-0.39, 0.29) is 13.0 Å². The van der Waals surface area contributed by atoms with Crippen LogP contribution < -0.4 is 9.47 Å². The van der Waals surface area contributed by atoms with E-state index in [0.717, 1.165) is 0 Å². The first kappa shape index (κ1) is 17.2. The van der Waals surface area contributed by atoms with Gasteiger partial charge in [0.15, 0.2) is 11.5 Å². The van der Waals surface area contributed by atoms with E-state index in [1.807, 2.05) is 0 Å². The van der Waals surface area contributed by atoms with Gasteiger partial charge in [-0.15, -0.1) is 0 Å². The van der Waals surface area contributed by atoms with Gasteiger partial charge in [0.25, 0.3) is 0 Å². The van der Waals surface area contributed by atoms with Crippen LogP contribution in [0.15, 0.2) is 36.4 Å². The molecule has 0 spiro atoms. The number of hydrogen-bond acceptors (Lipinski definition) is 3. The van der Waals surface area contributed by atoms with Crippen molar-refractivity contribution in [3.05, 3.63) is 51.5 Å². The Balaban J connectivity index is 2.20. The summed E-state index contributed by atoms with van der Waals surface area (Å²) in [4.78, 5) is 10.8.